The molecule has 5 rings (SSSR count). The largest absolute Gasteiger partial charge is 0.493 e. The number of nitrogens with one attached hydrogen (secondary N) is 1. The maximum atomic E-state index is 14.9. The number of H-pyrrole nitrogens is 1. The lowest BCUT2D eigenvalue weighted by Gasteiger charge is -2.32. The van der Waals surface area contributed by atoms with Crippen LogP contribution in [0.5, 0.6) is 5.88 Å². The first-order chi connectivity index (χ1) is 21.4. The highest BCUT2D eigenvalue weighted by atomic mass is 32.2. The van der Waals surface area contributed by atoms with Gasteiger partial charge in [0.2, 0.25) is 5.88 Å². The summed E-state index contributed by atoms with van der Waals surface area (Å²) in [4.78, 5) is 31.5. The summed E-state index contributed by atoms with van der Waals surface area (Å²) >= 11 is 0.735. The van der Waals surface area contributed by atoms with E-state index in [-0.39, 0.29) is 35.1 Å². The van der Waals surface area contributed by atoms with Gasteiger partial charge in [0.25, 0.3) is 0 Å². The van der Waals surface area contributed by atoms with Gasteiger partial charge < -0.3 is 24.8 Å². The number of alkyl halides is 3. The van der Waals surface area contributed by atoms with Crippen LogP contribution in [-0.4, -0.2) is 56.1 Å². The fourth-order valence-corrected chi connectivity index (χ4v) is 6.54. The zero-order valence-corrected chi connectivity index (χ0v) is 24.4. The number of aromatic amines is 1. The summed E-state index contributed by atoms with van der Waals surface area (Å²) < 4.78 is 77.0. The number of halogens is 5. The second-order valence-electron chi connectivity index (χ2n) is 10.7. The number of hydrogen-bond donors (Lipinski definition) is 3. The molecule has 3 aromatic carbocycles. The minimum atomic E-state index is -5.04. The van der Waals surface area contributed by atoms with Crippen molar-refractivity contribution in [3.63, 3.8) is 0 Å². The number of nitrogens with zero attached hydrogens (tertiary/aromatic N) is 2. The number of benzene rings is 3. The molecule has 4 aromatic rings. The number of aliphatic hydroxyl groups excluding tert-OH is 1. The standard InChI is InChI=1S/C31H28F5N3O5S/c32-19-6-7-21(24(33)13-19)25-23(31(34,35)36)14-22-26(37-29(42)38-28(22)41)27(25)45-16-20(40)12-17-8-10-39(11-9-17)30(43)44-15-18-4-2-1-3-5-18/h1-7,13-14,17,20,40H,8-12,15-16H2,(H2,37,38,41,42)/t20-/m1/s1. The molecule has 0 spiro atoms. The molecule has 1 fully saturated rings. The number of aliphatic hydroxyl groups is 1. The number of fused-ring (bicyclic) bond motifs is 1. The Bertz CT molecular complexity index is 1740. The summed E-state index contributed by atoms with van der Waals surface area (Å²) in [5.41, 5.74) is -3.02. The lowest BCUT2D eigenvalue weighted by Crippen LogP contribution is -2.39. The van der Waals surface area contributed by atoms with Crippen LogP contribution in [0.15, 0.2) is 64.3 Å². The number of aromatic nitrogens is 2. The van der Waals surface area contributed by atoms with E-state index in [0.717, 1.165) is 29.5 Å². The Morgan fingerprint density at radius 1 is 1.11 bits per heavy atom. The fraction of sp³-hybridized carbons (Fsp3) is 0.323. The van der Waals surface area contributed by atoms with Gasteiger partial charge in [-0.15, -0.1) is 11.8 Å². The topological polar surface area (TPSA) is 116 Å². The Hall–Kier alpha value is -4.17. The van der Waals surface area contributed by atoms with Crippen LogP contribution in [0, 0.1) is 17.6 Å². The van der Waals surface area contributed by atoms with E-state index in [4.69, 9.17) is 4.74 Å². The van der Waals surface area contributed by atoms with Gasteiger partial charge in [-0.2, -0.15) is 18.2 Å². The first kappa shape index (κ1) is 32.2. The van der Waals surface area contributed by atoms with Crippen LogP contribution in [-0.2, 0) is 17.5 Å². The summed E-state index contributed by atoms with van der Waals surface area (Å²) in [6.45, 7) is 0.943. The molecule has 238 valence electrons. The Morgan fingerprint density at radius 3 is 2.49 bits per heavy atom. The van der Waals surface area contributed by atoms with Gasteiger partial charge in [-0.25, -0.2) is 18.4 Å². The third-order valence-electron chi connectivity index (χ3n) is 7.57. The average Bonchev–Trinajstić information content (AvgIpc) is 2.99. The Labute approximate surface area is 257 Å². The van der Waals surface area contributed by atoms with Crippen molar-refractivity contribution >= 4 is 28.8 Å². The Balaban J connectivity index is 1.33. The Morgan fingerprint density at radius 2 is 1.82 bits per heavy atom. The number of thioether (sulfide) groups is 1. The van der Waals surface area contributed by atoms with Gasteiger partial charge in [-0.05, 0) is 48.9 Å². The number of likely N-dealkylation sites (tertiary alicyclic amines) is 1. The van der Waals surface area contributed by atoms with Crippen molar-refractivity contribution in [3.05, 3.63) is 87.8 Å². The second kappa shape index (κ2) is 13.4. The number of hydrogen-bond acceptors (Lipinski definition) is 7. The molecular weight excluding hydrogens is 621 g/mol. The van der Waals surface area contributed by atoms with Crippen LogP contribution >= 0.6 is 11.8 Å². The van der Waals surface area contributed by atoms with E-state index in [1.807, 2.05) is 30.3 Å². The normalized spacial score (nSPS) is 14.9. The molecule has 8 nitrogen and oxygen atoms in total. The molecule has 1 aliphatic rings. The molecular formula is C31H28F5N3O5S. The number of carbonyl (C=O) groups is 1. The van der Waals surface area contributed by atoms with Gasteiger partial charge in [0.1, 0.15) is 18.2 Å². The molecule has 14 heteroatoms. The zero-order valence-electron chi connectivity index (χ0n) is 23.6. The molecule has 2 heterocycles. The van der Waals surface area contributed by atoms with Crippen molar-refractivity contribution in [2.75, 3.05) is 18.8 Å². The number of piperidine rings is 1. The van der Waals surface area contributed by atoms with Gasteiger partial charge in [0, 0.05) is 40.9 Å². The van der Waals surface area contributed by atoms with Crippen LogP contribution in [0.1, 0.15) is 30.4 Å². The van der Waals surface area contributed by atoms with Gasteiger partial charge in [-0.1, -0.05) is 30.3 Å². The van der Waals surface area contributed by atoms with Crippen molar-refractivity contribution in [1.82, 2.24) is 14.9 Å². The minimum absolute atomic E-state index is 0.000841. The van der Waals surface area contributed by atoms with E-state index in [1.165, 1.54) is 0 Å². The van der Waals surface area contributed by atoms with E-state index in [9.17, 15) is 41.8 Å². The number of ether oxygens (including phenoxy) is 1. The monoisotopic (exact) mass is 649 g/mol. The SMILES string of the molecule is O=C(OCc1ccccc1)N1CCC(C[C@@H](O)CSc2c(-c3ccc(F)cc3F)c(C(F)(F)F)cc3c(O)nc(=O)[nH]c23)CC1. The summed E-state index contributed by atoms with van der Waals surface area (Å²) in [5, 5.41) is 20.7. The highest BCUT2D eigenvalue weighted by Crippen LogP contribution is 2.47. The summed E-state index contributed by atoms with van der Waals surface area (Å²) in [6.07, 6.45) is -5.13. The maximum absolute atomic E-state index is 14.9. The van der Waals surface area contributed by atoms with Gasteiger partial charge in [0.15, 0.2) is 0 Å². The number of amides is 1. The van der Waals surface area contributed by atoms with Crippen molar-refractivity contribution in [2.24, 2.45) is 5.92 Å². The molecule has 0 saturated carbocycles. The quantitative estimate of drug-likeness (QED) is 0.148. The lowest BCUT2D eigenvalue weighted by atomic mass is 9.92. The van der Waals surface area contributed by atoms with E-state index in [2.05, 4.69) is 9.97 Å². The van der Waals surface area contributed by atoms with E-state index < -0.39 is 63.7 Å². The van der Waals surface area contributed by atoms with Crippen LogP contribution in [0.2, 0.25) is 0 Å². The molecule has 1 aliphatic heterocycles. The van der Waals surface area contributed by atoms with Gasteiger partial charge >= 0.3 is 18.0 Å². The molecule has 0 bridgehead atoms. The van der Waals surface area contributed by atoms with Crippen LogP contribution in [0.3, 0.4) is 0 Å². The number of aromatic hydroxyl groups is 1. The molecule has 45 heavy (non-hydrogen) atoms. The molecule has 1 saturated heterocycles. The zero-order chi connectivity index (χ0) is 32.3. The summed E-state index contributed by atoms with van der Waals surface area (Å²) in [5.74, 6) is -3.38. The van der Waals surface area contributed by atoms with Crippen LogP contribution < -0.4 is 5.69 Å². The smallest absolute Gasteiger partial charge is 0.417 e. The fourth-order valence-electron chi connectivity index (χ4n) is 5.37. The minimum Gasteiger partial charge on any atom is -0.493 e. The van der Waals surface area contributed by atoms with Crippen molar-refractivity contribution in [3.8, 4) is 17.0 Å². The predicted octanol–water partition coefficient (Wildman–Crippen LogP) is 6.48. The molecule has 0 radical (unpaired) electrons. The molecule has 0 unspecified atom stereocenters. The maximum Gasteiger partial charge on any atom is 0.417 e. The number of rotatable bonds is 8. The lowest BCUT2D eigenvalue weighted by molar-refractivity contribution is -0.137. The van der Waals surface area contributed by atoms with Crippen LogP contribution in [0.25, 0.3) is 22.0 Å². The third-order valence-corrected chi connectivity index (χ3v) is 8.82. The first-order valence-electron chi connectivity index (χ1n) is 14.0. The van der Waals surface area contributed by atoms with E-state index in [0.29, 0.717) is 38.1 Å². The highest BCUT2D eigenvalue weighted by molar-refractivity contribution is 7.99. The Kier molecular flexibility index (Phi) is 9.63. The predicted molar refractivity (Wildman–Crippen MR) is 157 cm³/mol. The van der Waals surface area contributed by atoms with Crippen molar-refractivity contribution in [1.29, 1.82) is 0 Å². The van der Waals surface area contributed by atoms with Gasteiger partial charge in [0.05, 0.1) is 22.6 Å². The van der Waals surface area contributed by atoms with Gasteiger partial charge in [-0.3, -0.25) is 0 Å². The van der Waals surface area contributed by atoms with E-state index in [1.54, 1.807) is 4.90 Å². The second-order valence-corrected chi connectivity index (χ2v) is 11.7. The molecule has 1 amide bonds. The molecule has 3 N–H and O–H groups in total. The highest BCUT2D eigenvalue weighted by Gasteiger charge is 2.37. The van der Waals surface area contributed by atoms with Crippen molar-refractivity contribution < 1.29 is 41.7 Å². The molecule has 0 aliphatic carbocycles. The molecule has 1 aromatic heterocycles. The number of carbonyl (C=O) groups excluding carboxylic acids is 1. The third kappa shape index (κ3) is 7.56. The van der Waals surface area contributed by atoms with Crippen LogP contribution in [0.4, 0.5) is 26.7 Å². The first-order valence-corrected chi connectivity index (χ1v) is 15.0. The summed E-state index contributed by atoms with van der Waals surface area (Å²) in [6, 6.07) is 11.9. The van der Waals surface area contributed by atoms with E-state index >= 15 is 0 Å². The average molecular weight is 650 g/mol. The van der Waals surface area contributed by atoms with Crippen molar-refractivity contribution in [2.45, 2.75) is 43.0 Å². The molecule has 1 atom stereocenters. The summed E-state index contributed by atoms with van der Waals surface area (Å²) in [7, 11) is 0.